The minimum Gasteiger partial charge on any atom is -0.399 e. The summed E-state index contributed by atoms with van der Waals surface area (Å²) in [5.41, 5.74) is 11.8. The van der Waals surface area contributed by atoms with Crippen LogP contribution in [0.2, 0.25) is 0 Å². The van der Waals surface area contributed by atoms with Gasteiger partial charge in [-0.05, 0) is 30.3 Å². The molecule has 0 atom stereocenters. The lowest BCUT2D eigenvalue weighted by molar-refractivity contribution is 0.596. The van der Waals surface area contributed by atoms with Gasteiger partial charge in [-0.1, -0.05) is 18.2 Å². The summed E-state index contributed by atoms with van der Waals surface area (Å²) in [6.45, 7) is 0. The van der Waals surface area contributed by atoms with E-state index in [4.69, 9.17) is 11.5 Å². The number of nitrogens with two attached hydrogens (primary N) is 2. The summed E-state index contributed by atoms with van der Waals surface area (Å²) in [4.78, 5) is 0.251. The van der Waals surface area contributed by atoms with Crippen molar-refractivity contribution in [1.82, 2.24) is 0 Å². The highest BCUT2D eigenvalue weighted by molar-refractivity contribution is 7.91. The van der Waals surface area contributed by atoms with Gasteiger partial charge >= 0.3 is 0 Å². The van der Waals surface area contributed by atoms with Gasteiger partial charge in [-0.15, -0.1) is 0 Å². The van der Waals surface area contributed by atoms with Gasteiger partial charge in [0.15, 0.2) is 0 Å². The molecule has 0 spiro atoms. The summed E-state index contributed by atoms with van der Waals surface area (Å²) in [6, 6.07) is 12.6. The second-order valence-corrected chi connectivity index (χ2v) is 5.53. The lowest BCUT2D eigenvalue weighted by Crippen LogP contribution is -2.06. The standard InChI is InChI=1S/C12H12N2O2S/c13-9-6-7-11(14)12(8-9)17(15,16)10-4-2-1-3-5-10/h1-8H,13-14H2. The van der Waals surface area contributed by atoms with Crippen molar-refractivity contribution in [1.29, 1.82) is 0 Å². The van der Waals surface area contributed by atoms with Gasteiger partial charge in [-0.25, -0.2) is 8.42 Å². The van der Waals surface area contributed by atoms with Crippen molar-refractivity contribution in [3.05, 3.63) is 48.5 Å². The molecule has 0 radical (unpaired) electrons. The quantitative estimate of drug-likeness (QED) is 0.792. The first kappa shape index (κ1) is 11.5. The number of sulfone groups is 1. The van der Waals surface area contributed by atoms with Gasteiger partial charge in [-0.2, -0.15) is 0 Å². The maximum atomic E-state index is 12.3. The minimum atomic E-state index is -3.60. The molecule has 0 amide bonds. The Morgan fingerprint density at radius 1 is 0.882 bits per heavy atom. The summed E-state index contributed by atoms with van der Waals surface area (Å²) < 4.78 is 24.5. The average Bonchev–Trinajstić information content (AvgIpc) is 2.33. The summed E-state index contributed by atoms with van der Waals surface area (Å²) in [7, 11) is -3.60. The third kappa shape index (κ3) is 2.09. The van der Waals surface area contributed by atoms with Gasteiger partial charge in [0.05, 0.1) is 15.5 Å². The summed E-state index contributed by atoms with van der Waals surface area (Å²) >= 11 is 0. The zero-order chi connectivity index (χ0) is 12.5. The van der Waals surface area contributed by atoms with Crippen molar-refractivity contribution < 1.29 is 8.42 Å². The summed E-state index contributed by atoms with van der Waals surface area (Å²) in [5, 5.41) is 0. The van der Waals surface area contributed by atoms with Gasteiger partial charge in [0.2, 0.25) is 9.84 Å². The van der Waals surface area contributed by atoms with Crippen LogP contribution in [0, 0.1) is 0 Å². The first-order valence-electron chi connectivity index (χ1n) is 4.97. The average molecular weight is 248 g/mol. The van der Waals surface area contributed by atoms with Crippen LogP contribution < -0.4 is 11.5 Å². The van der Waals surface area contributed by atoms with Crippen molar-refractivity contribution in [2.45, 2.75) is 9.79 Å². The van der Waals surface area contributed by atoms with Crippen molar-refractivity contribution in [3.63, 3.8) is 0 Å². The van der Waals surface area contributed by atoms with Gasteiger partial charge < -0.3 is 11.5 Å². The van der Waals surface area contributed by atoms with E-state index in [9.17, 15) is 8.42 Å². The Labute approximate surface area is 99.8 Å². The fourth-order valence-corrected chi connectivity index (χ4v) is 2.95. The van der Waals surface area contributed by atoms with Crippen LogP contribution in [0.1, 0.15) is 0 Å². The lowest BCUT2D eigenvalue weighted by Gasteiger charge is -2.08. The molecule has 17 heavy (non-hydrogen) atoms. The highest BCUT2D eigenvalue weighted by Crippen LogP contribution is 2.27. The van der Waals surface area contributed by atoms with E-state index in [2.05, 4.69) is 0 Å². The molecule has 4 nitrogen and oxygen atoms in total. The number of nitrogen functional groups attached to an aromatic ring is 2. The molecule has 0 saturated heterocycles. The van der Waals surface area contributed by atoms with E-state index in [1.165, 1.54) is 24.3 Å². The van der Waals surface area contributed by atoms with Crippen LogP contribution in [0.25, 0.3) is 0 Å². The van der Waals surface area contributed by atoms with Crippen molar-refractivity contribution in [2.75, 3.05) is 11.5 Å². The van der Waals surface area contributed by atoms with Crippen molar-refractivity contribution in [2.24, 2.45) is 0 Å². The first-order chi connectivity index (χ1) is 8.01. The fourth-order valence-electron chi connectivity index (χ4n) is 1.51. The molecule has 0 saturated carbocycles. The molecule has 0 aromatic heterocycles. The predicted molar refractivity (Wildman–Crippen MR) is 67.2 cm³/mol. The van der Waals surface area contributed by atoms with E-state index in [1.54, 1.807) is 24.3 Å². The van der Waals surface area contributed by atoms with Crippen molar-refractivity contribution in [3.8, 4) is 0 Å². The van der Waals surface area contributed by atoms with E-state index in [0.29, 0.717) is 5.69 Å². The summed E-state index contributed by atoms with van der Waals surface area (Å²) in [5.74, 6) is 0. The van der Waals surface area contributed by atoms with Crippen LogP contribution in [0.4, 0.5) is 11.4 Å². The molecule has 0 fully saturated rings. The van der Waals surface area contributed by atoms with Crippen molar-refractivity contribution >= 4 is 21.2 Å². The molecule has 0 aliphatic carbocycles. The molecule has 2 rings (SSSR count). The van der Waals surface area contributed by atoms with E-state index in [0.717, 1.165) is 0 Å². The highest BCUT2D eigenvalue weighted by atomic mass is 32.2. The largest absolute Gasteiger partial charge is 0.399 e. The van der Waals surface area contributed by atoms with E-state index < -0.39 is 9.84 Å². The zero-order valence-electron chi connectivity index (χ0n) is 9.00. The minimum absolute atomic E-state index is 0.0451. The molecular weight excluding hydrogens is 236 g/mol. The topological polar surface area (TPSA) is 86.2 Å². The van der Waals surface area contributed by atoms with Gasteiger partial charge in [0.25, 0.3) is 0 Å². The van der Waals surface area contributed by atoms with Crippen LogP contribution in [0.15, 0.2) is 58.3 Å². The smallest absolute Gasteiger partial charge is 0.208 e. The summed E-state index contributed by atoms with van der Waals surface area (Å²) in [6.07, 6.45) is 0. The molecule has 0 bridgehead atoms. The molecule has 5 heteroatoms. The number of anilines is 2. The Balaban J connectivity index is 2.64. The zero-order valence-corrected chi connectivity index (χ0v) is 9.81. The molecule has 2 aromatic rings. The van der Waals surface area contributed by atoms with Crippen LogP contribution in [-0.2, 0) is 9.84 Å². The van der Waals surface area contributed by atoms with E-state index in [1.807, 2.05) is 0 Å². The van der Waals surface area contributed by atoms with Crippen LogP contribution >= 0.6 is 0 Å². The Hall–Kier alpha value is -2.01. The van der Waals surface area contributed by atoms with Crippen LogP contribution in [-0.4, -0.2) is 8.42 Å². The number of rotatable bonds is 2. The lowest BCUT2D eigenvalue weighted by atomic mass is 10.3. The normalized spacial score (nSPS) is 11.3. The monoisotopic (exact) mass is 248 g/mol. The molecule has 0 unspecified atom stereocenters. The first-order valence-corrected chi connectivity index (χ1v) is 6.45. The highest BCUT2D eigenvalue weighted by Gasteiger charge is 2.20. The Morgan fingerprint density at radius 2 is 1.53 bits per heavy atom. The Kier molecular flexibility index (Phi) is 2.77. The molecule has 0 aliphatic heterocycles. The third-order valence-electron chi connectivity index (χ3n) is 2.38. The van der Waals surface area contributed by atoms with E-state index >= 15 is 0 Å². The number of hydrogen-bond donors (Lipinski definition) is 2. The fraction of sp³-hybridized carbons (Fsp3) is 0. The van der Waals surface area contributed by atoms with E-state index in [-0.39, 0.29) is 15.5 Å². The molecule has 4 N–H and O–H groups in total. The van der Waals surface area contributed by atoms with Gasteiger partial charge in [0, 0.05) is 5.69 Å². The Bertz CT molecular complexity index is 637. The molecular formula is C12H12N2O2S. The maximum absolute atomic E-state index is 12.3. The molecule has 88 valence electrons. The predicted octanol–water partition coefficient (Wildman–Crippen LogP) is 1.68. The van der Waals surface area contributed by atoms with Gasteiger partial charge in [-0.3, -0.25) is 0 Å². The molecule has 0 heterocycles. The third-order valence-corrected chi connectivity index (χ3v) is 4.21. The Morgan fingerprint density at radius 3 is 2.18 bits per heavy atom. The number of benzene rings is 2. The van der Waals surface area contributed by atoms with Gasteiger partial charge in [0.1, 0.15) is 0 Å². The second-order valence-electron chi connectivity index (χ2n) is 3.61. The SMILES string of the molecule is Nc1ccc(N)c(S(=O)(=O)c2ccccc2)c1. The van der Waals surface area contributed by atoms with Crippen LogP contribution in [0.3, 0.4) is 0 Å². The second kappa shape index (κ2) is 4.10. The molecule has 2 aromatic carbocycles. The van der Waals surface area contributed by atoms with Crippen LogP contribution in [0.5, 0.6) is 0 Å². The number of hydrogen-bond acceptors (Lipinski definition) is 4. The maximum Gasteiger partial charge on any atom is 0.208 e. The molecule has 0 aliphatic rings.